The molecule has 0 heterocycles. The van der Waals surface area contributed by atoms with Crippen LogP contribution in [-0.2, 0) is 24.3 Å². The molecule has 0 rings (SSSR count). The van der Waals surface area contributed by atoms with E-state index in [9.17, 15) is 18.0 Å². The Labute approximate surface area is 126 Å². The molecule has 0 saturated heterocycles. The summed E-state index contributed by atoms with van der Waals surface area (Å²) < 4.78 is 29.0. The molecule has 0 spiro atoms. The Kier molecular flexibility index (Phi) is 7.87. The minimum atomic E-state index is -3.22. The summed E-state index contributed by atoms with van der Waals surface area (Å²) in [7, 11) is -3.22. The number of esters is 1. The molecule has 0 aliphatic rings. The zero-order chi connectivity index (χ0) is 16.7. The van der Waals surface area contributed by atoms with E-state index in [1.54, 1.807) is 27.7 Å². The second-order valence-corrected chi connectivity index (χ2v) is 7.70. The maximum atomic E-state index is 12.1. The summed E-state index contributed by atoms with van der Waals surface area (Å²) in [6, 6.07) is 0. The van der Waals surface area contributed by atoms with Gasteiger partial charge in [-0.3, -0.25) is 9.59 Å². The normalized spacial score (nSPS) is 13.6. The van der Waals surface area contributed by atoms with Crippen molar-refractivity contribution in [2.75, 3.05) is 26.0 Å². The Morgan fingerprint density at radius 3 is 2.19 bits per heavy atom. The topological polar surface area (TPSA) is 102 Å². The van der Waals surface area contributed by atoms with Gasteiger partial charge < -0.3 is 10.1 Å². The molecule has 0 aromatic rings. The largest absolute Gasteiger partial charge is 0.465 e. The van der Waals surface area contributed by atoms with E-state index >= 15 is 0 Å². The van der Waals surface area contributed by atoms with Crippen molar-refractivity contribution in [2.24, 2.45) is 11.3 Å². The van der Waals surface area contributed by atoms with Gasteiger partial charge in [0.2, 0.25) is 15.9 Å². The maximum Gasteiger partial charge on any atom is 0.319 e. The zero-order valence-electron chi connectivity index (χ0n) is 13.4. The van der Waals surface area contributed by atoms with Gasteiger partial charge in [-0.15, -0.1) is 0 Å². The van der Waals surface area contributed by atoms with E-state index < -0.39 is 33.2 Å². The Bertz CT molecular complexity index is 454. The van der Waals surface area contributed by atoms with E-state index in [-0.39, 0.29) is 19.7 Å². The van der Waals surface area contributed by atoms with E-state index in [0.29, 0.717) is 6.42 Å². The number of carbonyl (C=O) groups excluding carboxylic acids is 2. The van der Waals surface area contributed by atoms with Crippen LogP contribution in [0.5, 0.6) is 0 Å². The third kappa shape index (κ3) is 8.67. The van der Waals surface area contributed by atoms with Gasteiger partial charge in [-0.25, -0.2) is 13.1 Å². The fraction of sp³-hybridized carbons (Fsp3) is 0.846. The molecule has 1 atom stereocenters. The molecule has 21 heavy (non-hydrogen) atoms. The molecular formula is C13H26N2O5S. The molecule has 0 aromatic heterocycles. The van der Waals surface area contributed by atoms with Gasteiger partial charge in [-0.1, -0.05) is 20.8 Å². The van der Waals surface area contributed by atoms with Crippen molar-refractivity contribution in [3.8, 4) is 0 Å². The second kappa shape index (κ2) is 8.33. The first-order valence-electron chi connectivity index (χ1n) is 6.88. The van der Waals surface area contributed by atoms with E-state index in [4.69, 9.17) is 4.74 Å². The number of sulfonamides is 1. The second-order valence-electron chi connectivity index (χ2n) is 5.86. The molecular weight excluding hydrogens is 296 g/mol. The van der Waals surface area contributed by atoms with E-state index in [2.05, 4.69) is 10.0 Å². The lowest BCUT2D eigenvalue weighted by Crippen LogP contribution is -2.44. The van der Waals surface area contributed by atoms with Gasteiger partial charge in [0.25, 0.3) is 0 Å². The molecule has 7 nitrogen and oxygen atoms in total. The molecule has 1 amide bonds. The van der Waals surface area contributed by atoms with Gasteiger partial charge in [0.15, 0.2) is 0 Å². The first-order chi connectivity index (χ1) is 9.49. The summed E-state index contributed by atoms with van der Waals surface area (Å²) in [6.45, 7) is 7.80. The lowest BCUT2D eigenvalue weighted by atomic mass is 9.80. The molecule has 0 saturated carbocycles. The third-order valence-corrected chi connectivity index (χ3v) is 3.40. The Balaban J connectivity index is 4.40. The number of rotatable bonds is 8. The molecule has 8 heteroatoms. The summed E-state index contributed by atoms with van der Waals surface area (Å²) in [6.07, 6.45) is 1.51. The third-order valence-electron chi connectivity index (χ3n) is 2.67. The molecule has 0 radical (unpaired) electrons. The lowest BCUT2D eigenvalue weighted by molar-refractivity contribution is -0.156. The Morgan fingerprint density at radius 1 is 1.19 bits per heavy atom. The van der Waals surface area contributed by atoms with Crippen LogP contribution in [0.25, 0.3) is 0 Å². The van der Waals surface area contributed by atoms with Crippen LogP contribution >= 0.6 is 0 Å². The Hall–Kier alpha value is -1.15. The van der Waals surface area contributed by atoms with Gasteiger partial charge in [-0.05, 0) is 18.8 Å². The molecule has 0 bridgehead atoms. The van der Waals surface area contributed by atoms with Crippen molar-refractivity contribution in [1.29, 1.82) is 0 Å². The van der Waals surface area contributed by atoms with E-state index in [1.165, 1.54) is 0 Å². The average molecular weight is 322 g/mol. The number of hydrogen-bond acceptors (Lipinski definition) is 5. The predicted molar refractivity (Wildman–Crippen MR) is 80.1 cm³/mol. The SMILES string of the molecule is CCOC(=O)C(C(=O)NCCCNS(C)(=O)=O)C(C)(C)C. The Morgan fingerprint density at radius 2 is 1.76 bits per heavy atom. The van der Waals surface area contributed by atoms with Crippen LogP contribution in [0, 0.1) is 11.3 Å². The monoisotopic (exact) mass is 322 g/mol. The number of amides is 1. The van der Waals surface area contributed by atoms with E-state index in [1.807, 2.05) is 0 Å². The predicted octanol–water partition coefficient (Wildman–Crippen LogP) is 0.267. The standard InChI is InChI=1S/C13H26N2O5S/c1-6-20-12(17)10(13(2,3)4)11(16)14-8-7-9-15-21(5,18)19/h10,15H,6-9H2,1-5H3,(H,14,16). The minimum absolute atomic E-state index is 0.219. The molecule has 0 aliphatic heterocycles. The quantitative estimate of drug-likeness (QED) is 0.379. The fourth-order valence-electron chi connectivity index (χ4n) is 1.74. The highest BCUT2D eigenvalue weighted by Crippen LogP contribution is 2.27. The molecule has 124 valence electrons. The van der Waals surface area contributed by atoms with Crippen molar-refractivity contribution in [3.63, 3.8) is 0 Å². The highest BCUT2D eigenvalue weighted by atomic mass is 32.2. The van der Waals surface area contributed by atoms with Gasteiger partial charge in [0.1, 0.15) is 5.92 Å². The number of hydrogen-bond donors (Lipinski definition) is 2. The summed E-state index contributed by atoms with van der Waals surface area (Å²) >= 11 is 0. The first kappa shape index (κ1) is 19.9. The lowest BCUT2D eigenvalue weighted by Gasteiger charge is -2.27. The average Bonchev–Trinajstić information content (AvgIpc) is 2.25. The molecule has 2 N–H and O–H groups in total. The van der Waals surface area contributed by atoms with Gasteiger partial charge in [0.05, 0.1) is 12.9 Å². The van der Waals surface area contributed by atoms with Crippen LogP contribution in [0.4, 0.5) is 0 Å². The van der Waals surface area contributed by atoms with E-state index in [0.717, 1.165) is 6.26 Å². The smallest absolute Gasteiger partial charge is 0.319 e. The highest BCUT2D eigenvalue weighted by molar-refractivity contribution is 7.88. The number of nitrogens with one attached hydrogen (secondary N) is 2. The molecule has 1 unspecified atom stereocenters. The van der Waals surface area contributed by atoms with Gasteiger partial charge in [0, 0.05) is 13.1 Å². The van der Waals surface area contributed by atoms with Crippen LogP contribution in [0.15, 0.2) is 0 Å². The van der Waals surface area contributed by atoms with Crippen LogP contribution in [0.3, 0.4) is 0 Å². The van der Waals surface area contributed by atoms with Gasteiger partial charge in [-0.2, -0.15) is 0 Å². The van der Waals surface area contributed by atoms with Crippen LogP contribution in [0.2, 0.25) is 0 Å². The summed E-state index contributed by atoms with van der Waals surface area (Å²) in [5.74, 6) is -1.84. The summed E-state index contributed by atoms with van der Waals surface area (Å²) in [4.78, 5) is 24.0. The molecule has 0 aliphatic carbocycles. The zero-order valence-corrected chi connectivity index (χ0v) is 14.2. The highest BCUT2D eigenvalue weighted by Gasteiger charge is 2.38. The summed E-state index contributed by atoms with van der Waals surface area (Å²) in [5, 5.41) is 2.64. The van der Waals surface area contributed by atoms with Crippen molar-refractivity contribution in [1.82, 2.24) is 10.0 Å². The van der Waals surface area contributed by atoms with Crippen molar-refractivity contribution in [3.05, 3.63) is 0 Å². The van der Waals surface area contributed by atoms with Crippen LogP contribution in [-0.4, -0.2) is 46.2 Å². The molecule has 0 aromatic carbocycles. The first-order valence-corrected chi connectivity index (χ1v) is 8.77. The summed E-state index contributed by atoms with van der Waals surface area (Å²) in [5.41, 5.74) is -0.554. The van der Waals surface area contributed by atoms with Crippen molar-refractivity contribution < 1.29 is 22.7 Å². The number of ether oxygens (including phenoxy) is 1. The van der Waals surface area contributed by atoms with Crippen LogP contribution in [0.1, 0.15) is 34.1 Å². The van der Waals surface area contributed by atoms with Gasteiger partial charge >= 0.3 is 5.97 Å². The van der Waals surface area contributed by atoms with Crippen molar-refractivity contribution >= 4 is 21.9 Å². The number of carbonyl (C=O) groups is 2. The fourth-order valence-corrected chi connectivity index (χ4v) is 2.25. The maximum absolute atomic E-state index is 12.1. The van der Waals surface area contributed by atoms with Crippen molar-refractivity contribution in [2.45, 2.75) is 34.1 Å². The van der Waals surface area contributed by atoms with Crippen LogP contribution < -0.4 is 10.0 Å². The molecule has 0 fully saturated rings. The minimum Gasteiger partial charge on any atom is -0.465 e.